The van der Waals surface area contributed by atoms with E-state index >= 15 is 0 Å². The fourth-order valence-electron chi connectivity index (χ4n) is 4.38. The molecule has 1 aliphatic rings. The summed E-state index contributed by atoms with van der Waals surface area (Å²) in [6.07, 6.45) is 0.323. The first-order chi connectivity index (χ1) is 21.6. The SMILES string of the molecule is CCOc1cc([C@H]2NC(=O)NC(C)=C2C(=O)OC)ccc1OC[C@H](O)N/N=C/c1cc(Br)cc(I)c1OCc1ccc(F)cc1. The molecule has 4 N–H and O–H groups in total. The Bertz CT molecular complexity index is 1600. The Labute approximate surface area is 281 Å². The number of urea groups is 1. The lowest BCUT2D eigenvalue weighted by atomic mass is 9.95. The highest BCUT2D eigenvalue weighted by Gasteiger charge is 2.32. The predicted octanol–water partition coefficient (Wildman–Crippen LogP) is 5.29. The van der Waals surface area contributed by atoms with E-state index in [0.717, 1.165) is 13.6 Å². The molecular weight excluding hydrogens is 766 g/mol. The lowest BCUT2D eigenvalue weighted by Crippen LogP contribution is -2.45. The Morgan fingerprint density at radius 2 is 1.91 bits per heavy atom. The molecule has 0 bridgehead atoms. The van der Waals surface area contributed by atoms with E-state index in [9.17, 15) is 19.1 Å². The van der Waals surface area contributed by atoms with Gasteiger partial charge in [0.1, 0.15) is 24.8 Å². The minimum absolute atomic E-state index is 0.183. The molecule has 2 atom stereocenters. The summed E-state index contributed by atoms with van der Waals surface area (Å²) in [5, 5.41) is 20.0. The second-order valence-corrected chi connectivity index (χ2v) is 11.7. The summed E-state index contributed by atoms with van der Waals surface area (Å²) in [6, 6.07) is 13.5. The summed E-state index contributed by atoms with van der Waals surface area (Å²) >= 11 is 5.63. The van der Waals surface area contributed by atoms with Crippen LogP contribution in [0.1, 0.15) is 36.6 Å². The van der Waals surface area contributed by atoms with Gasteiger partial charge < -0.3 is 34.7 Å². The summed E-state index contributed by atoms with van der Waals surface area (Å²) in [5.74, 6) is 0.364. The number of hydrazone groups is 1. The van der Waals surface area contributed by atoms with Crippen LogP contribution in [0, 0.1) is 9.39 Å². The first-order valence-corrected chi connectivity index (χ1v) is 15.6. The van der Waals surface area contributed by atoms with Crippen molar-refractivity contribution < 1.29 is 38.0 Å². The Kier molecular flexibility index (Phi) is 12.0. The number of carbonyl (C=O) groups excluding carboxylic acids is 2. The average molecular weight is 797 g/mol. The molecule has 4 rings (SSSR count). The number of halogens is 3. The summed E-state index contributed by atoms with van der Waals surface area (Å²) in [6.45, 7) is 3.79. The van der Waals surface area contributed by atoms with Crippen molar-refractivity contribution in [3.63, 3.8) is 0 Å². The van der Waals surface area contributed by atoms with Gasteiger partial charge in [-0.1, -0.05) is 34.1 Å². The molecule has 45 heavy (non-hydrogen) atoms. The van der Waals surface area contributed by atoms with E-state index in [1.54, 1.807) is 44.2 Å². The summed E-state index contributed by atoms with van der Waals surface area (Å²) < 4.78 is 37.4. The maximum absolute atomic E-state index is 13.3. The monoisotopic (exact) mass is 796 g/mol. The lowest BCUT2D eigenvalue weighted by Gasteiger charge is -2.28. The second-order valence-electron chi connectivity index (χ2n) is 9.64. The van der Waals surface area contributed by atoms with Crippen molar-refractivity contribution in [1.29, 1.82) is 0 Å². The number of amides is 2. The van der Waals surface area contributed by atoms with Crippen LogP contribution in [0.15, 0.2) is 75.4 Å². The third-order valence-corrected chi connectivity index (χ3v) is 7.69. The number of benzene rings is 3. The molecule has 3 aromatic rings. The molecule has 238 valence electrons. The molecule has 0 unspecified atom stereocenters. The molecule has 0 spiro atoms. The van der Waals surface area contributed by atoms with Gasteiger partial charge >= 0.3 is 12.0 Å². The van der Waals surface area contributed by atoms with Crippen molar-refractivity contribution in [2.45, 2.75) is 32.7 Å². The van der Waals surface area contributed by atoms with E-state index in [1.165, 1.54) is 25.5 Å². The Morgan fingerprint density at radius 1 is 1.16 bits per heavy atom. The number of nitrogens with one attached hydrogen (secondary N) is 3. The molecule has 0 fully saturated rings. The predicted molar refractivity (Wildman–Crippen MR) is 177 cm³/mol. The zero-order chi connectivity index (χ0) is 32.5. The molecule has 3 aromatic carbocycles. The molecule has 2 amide bonds. The van der Waals surface area contributed by atoms with Gasteiger partial charge in [0, 0.05) is 15.7 Å². The largest absolute Gasteiger partial charge is 0.490 e. The molecule has 0 saturated carbocycles. The molecule has 0 saturated heterocycles. The number of carbonyl (C=O) groups is 2. The summed E-state index contributed by atoms with van der Waals surface area (Å²) in [5.41, 5.74) is 5.29. The van der Waals surface area contributed by atoms with Gasteiger partial charge in [-0.05, 0) is 84.0 Å². The van der Waals surface area contributed by atoms with Crippen molar-refractivity contribution in [2.24, 2.45) is 5.10 Å². The Balaban J connectivity index is 1.42. The highest BCUT2D eigenvalue weighted by molar-refractivity contribution is 14.1. The van der Waals surface area contributed by atoms with E-state index in [-0.39, 0.29) is 24.6 Å². The molecular formula is C31H31BrFIN4O7. The van der Waals surface area contributed by atoms with Gasteiger partial charge in [0.05, 0.1) is 35.1 Å². The molecule has 1 heterocycles. The quantitative estimate of drug-likeness (QED) is 0.0602. The number of hydrogen-bond donors (Lipinski definition) is 4. The fourth-order valence-corrected chi connectivity index (χ4v) is 6.09. The minimum Gasteiger partial charge on any atom is -0.490 e. The standard InChI is InChI=1S/C31H31BrFIN4O7/c1-4-43-25-12-19(28-27(30(40)42-3)17(2)36-31(41)37-28)7-10-24(25)44-16-26(39)38-35-14-20-11-21(32)13-23(34)29(20)45-15-18-5-8-22(33)9-6-18/h5-14,26,28,38-39H,4,15-16H2,1-3H3,(H2,36,37,41)/b35-14+/t26-,28+/m0/s1. The van der Waals surface area contributed by atoms with E-state index in [4.69, 9.17) is 18.9 Å². The van der Waals surface area contributed by atoms with Crippen molar-refractivity contribution in [3.05, 3.63) is 96.4 Å². The van der Waals surface area contributed by atoms with E-state index in [0.29, 0.717) is 40.7 Å². The number of allylic oxidation sites excluding steroid dienone is 1. The van der Waals surface area contributed by atoms with Crippen LogP contribution in [-0.4, -0.2) is 49.9 Å². The van der Waals surface area contributed by atoms with Crippen LogP contribution in [0.5, 0.6) is 17.2 Å². The van der Waals surface area contributed by atoms with Gasteiger partial charge in [-0.3, -0.25) is 5.43 Å². The third-order valence-electron chi connectivity index (χ3n) is 6.43. The topological polar surface area (TPSA) is 140 Å². The zero-order valence-corrected chi connectivity index (χ0v) is 28.3. The first kappa shape index (κ1) is 34.0. The number of nitrogens with zero attached hydrogens (tertiary/aromatic N) is 1. The summed E-state index contributed by atoms with van der Waals surface area (Å²) in [4.78, 5) is 24.6. The molecule has 0 aliphatic carbocycles. The van der Waals surface area contributed by atoms with Crippen LogP contribution in [0.25, 0.3) is 0 Å². The van der Waals surface area contributed by atoms with Gasteiger partial charge in [0.15, 0.2) is 17.7 Å². The minimum atomic E-state index is -1.19. The highest BCUT2D eigenvalue weighted by atomic mass is 127. The van der Waals surface area contributed by atoms with E-state index in [2.05, 4.69) is 59.7 Å². The van der Waals surface area contributed by atoms with Crippen LogP contribution in [0.2, 0.25) is 0 Å². The smallest absolute Gasteiger partial charge is 0.337 e. The molecule has 14 heteroatoms. The van der Waals surface area contributed by atoms with Gasteiger partial charge in [-0.25, -0.2) is 14.0 Å². The normalized spacial score (nSPS) is 15.3. The molecule has 1 aliphatic heterocycles. The van der Waals surface area contributed by atoms with Crippen molar-refractivity contribution in [1.82, 2.24) is 16.1 Å². The number of methoxy groups -OCH3 is 1. The Morgan fingerprint density at radius 3 is 2.62 bits per heavy atom. The second kappa shape index (κ2) is 15.9. The summed E-state index contributed by atoms with van der Waals surface area (Å²) in [7, 11) is 1.27. The van der Waals surface area contributed by atoms with Gasteiger partial charge in [0.2, 0.25) is 0 Å². The number of rotatable bonds is 13. The van der Waals surface area contributed by atoms with Crippen LogP contribution < -0.4 is 30.3 Å². The number of esters is 1. The van der Waals surface area contributed by atoms with Crippen LogP contribution in [-0.2, 0) is 16.1 Å². The van der Waals surface area contributed by atoms with Crippen LogP contribution >= 0.6 is 38.5 Å². The number of aliphatic hydroxyl groups is 1. The van der Waals surface area contributed by atoms with Crippen molar-refractivity contribution >= 4 is 56.7 Å². The van der Waals surface area contributed by atoms with Crippen molar-refractivity contribution in [2.75, 3.05) is 20.3 Å². The van der Waals surface area contributed by atoms with Crippen LogP contribution in [0.3, 0.4) is 0 Å². The number of hydrogen-bond acceptors (Lipinski definition) is 9. The zero-order valence-electron chi connectivity index (χ0n) is 24.5. The Hall–Kier alpha value is -3.89. The van der Waals surface area contributed by atoms with Crippen molar-refractivity contribution in [3.8, 4) is 17.2 Å². The maximum atomic E-state index is 13.3. The molecule has 11 nitrogen and oxygen atoms in total. The molecule has 0 aromatic heterocycles. The van der Waals surface area contributed by atoms with Gasteiger partial charge in [-0.2, -0.15) is 5.10 Å². The first-order valence-electron chi connectivity index (χ1n) is 13.7. The highest BCUT2D eigenvalue weighted by Crippen LogP contribution is 2.35. The fraction of sp³-hybridized carbons (Fsp3) is 0.258. The maximum Gasteiger partial charge on any atom is 0.337 e. The van der Waals surface area contributed by atoms with E-state index in [1.807, 2.05) is 12.1 Å². The average Bonchev–Trinajstić information content (AvgIpc) is 3.00. The lowest BCUT2D eigenvalue weighted by molar-refractivity contribution is -0.136. The number of ether oxygens (including phenoxy) is 4. The van der Waals surface area contributed by atoms with Gasteiger partial charge in [0.25, 0.3) is 0 Å². The van der Waals surface area contributed by atoms with Gasteiger partial charge in [-0.15, -0.1) is 0 Å². The van der Waals surface area contributed by atoms with E-state index < -0.39 is 24.3 Å². The number of aliphatic hydroxyl groups excluding tert-OH is 1. The molecule has 0 radical (unpaired) electrons. The van der Waals surface area contributed by atoms with Crippen LogP contribution in [0.4, 0.5) is 9.18 Å². The third kappa shape index (κ3) is 9.08.